The lowest BCUT2D eigenvalue weighted by Gasteiger charge is -2.11. The number of nitrogens with zero attached hydrogens (tertiary/aromatic N) is 1. The molecule has 0 spiro atoms. The van der Waals surface area contributed by atoms with Gasteiger partial charge >= 0.3 is 5.97 Å². The van der Waals surface area contributed by atoms with Gasteiger partial charge in [-0.3, -0.25) is 4.79 Å². The van der Waals surface area contributed by atoms with Gasteiger partial charge in [-0.25, -0.2) is 10.2 Å². The Kier molecular flexibility index (Phi) is 9.07. The van der Waals surface area contributed by atoms with Crippen molar-refractivity contribution < 1.29 is 23.8 Å². The summed E-state index contributed by atoms with van der Waals surface area (Å²) in [6, 6.07) is 25.6. The van der Waals surface area contributed by atoms with Crippen LogP contribution in [0.4, 0.5) is 0 Å². The lowest BCUT2D eigenvalue weighted by Crippen LogP contribution is -2.24. The fourth-order valence-electron chi connectivity index (χ4n) is 3.75. The highest BCUT2D eigenvalue weighted by atomic mass is 16.5. The summed E-state index contributed by atoms with van der Waals surface area (Å²) in [5.41, 5.74) is 4.46. The van der Waals surface area contributed by atoms with Crippen LogP contribution < -0.4 is 19.6 Å². The minimum absolute atomic E-state index is 0.210. The molecule has 0 saturated heterocycles. The molecule has 4 aromatic carbocycles. The predicted molar refractivity (Wildman–Crippen MR) is 148 cm³/mol. The van der Waals surface area contributed by atoms with Gasteiger partial charge in [0, 0.05) is 5.56 Å². The first-order valence-electron chi connectivity index (χ1n) is 12.5. The Balaban J connectivity index is 1.41. The zero-order chi connectivity index (χ0) is 26.7. The Morgan fingerprint density at radius 2 is 1.66 bits per heavy atom. The number of ether oxygens (including phenoxy) is 3. The highest BCUT2D eigenvalue weighted by Crippen LogP contribution is 2.27. The Bertz CT molecular complexity index is 1430. The van der Waals surface area contributed by atoms with Gasteiger partial charge in [-0.1, -0.05) is 61.4 Å². The fourth-order valence-corrected chi connectivity index (χ4v) is 3.75. The average molecular weight is 511 g/mol. The lowest BCUT2D eigenvalue weighted by atomic mass is 10.0. The largest absolute Gasteiger partial charge is 0.494 e. The number of hydrogen-bond donors (Lipinski definition) is 1. The maximum Gasteiger partial charge on any atom is 0.343 e. The average Bonchev–Trinajstić information content (AvgIpc) is 2.93. The van der Waals surface area contributed by atoms with Crippen molar-refractivity contribution in [3.63, 3.8) is 0 Å². The molecule has 0 aliphatic rings. The molecule has 4 aromatic rings. The first-order chi connectivity index (χ1) is 18.5. The van der Waals surface area contributed by atoms with E-state index < -0.39 is 11.9 Å². The monoisotopic (exact) mass is 510 g/mol. The Morgan fingerprint density at radius 3 is 2.42 bits per heavy atom. The summed E-state index contributed by atoms with van der Waals surface area (Å²) < 4.78 is 16.9. The summed E-state index contributed by atoms with van der Waals surface area (Å²) >= 11 is 0. The lowest BCUT2D eigenvalue weighted by molar-refractivity contribution is -0.123. The summed E-state index contributed by atoms with van der Waals surface area (Å²) in [6.45, 7) is 4.48. The van der Waals surface area contributed by atoms with Crippen LogP contribution in [0.25, 0.3) is 10.8 Å². The van der Waals surface area contributed by atoms with Crippen LogP contribution in [0.3, 0.4) is 0 Å². The van der Waals surface area contributed by atoms with E-state index in [0.29, 0.717) is 29.2 Å². The molecule has 194 valence electrons. The van der Waals surface area contributed by atoms with Crippen LogP contribution in [0, 0.1) is 6.92 Å². The number of carbonyl (C=O) groups is 2. The van der Waals surface area contributed by atoms with Gasteiger partial charge in [0.1, 0.15) is 17.2 Å². The maximum atomic E-state index is 12.8. The second-order valence-corrected chi connectivity index (χ2v) is 8.71. The van der Waals surface area contributed by atoms with E-state index >= 15 is 0 Å². The summed E-state index contributed by atoms with van der Waals surface area (Å²) in [7, 11) is 0. The highest BCUT2D eigenvalue weighted by molar-refractivity contribution is 6.04. The van der Waals surface area contributed by atoms with Gasteiger partial charge in [-0.15, -0.1) is 0 Å². The van der Waals surface area contributed by atoms with Crippen molar-refractivity contribution in [2.45, 2.75) is 26.7 Å². The van der Waals surface area contributed by atoms with Gasteiger partial charge in [0.2, 0.25) is 0 Å². The molecule has 0 fully saturated rings. The van der Waals surface area contributed by atoms with Crippen molar-refractivity contribution in [2.24, 2.45) is 5.10 Å². The van der Waals surface area contributed by atoms with E-state index in [0.717, 1.165) is 34.9 Å². The van der Waals surface area contributed by atoms with Crippen LogP contribution in [0.15, 0.2) is 90.0 Å². The third-order valence-electron chi connectivity index (χ3n) is 5.73. The normalized spacial score (nSPS) is 10.9. The van der Waals surface area contributed by atoms with Gasteiger partial charge in [0.15, 0.2) is 6.61 Å². The molecule has 0 radical (unpaired) electrons. The maximum absolute atomic E-state index is 12.8. The highest BCUT2D eigenvalue weighted by Gasteiger charge is 2.14. The summed E-state index contributed by atoms with van der Waals surface area (Å²) in [4.78, 5) is 25.1. The quantitative estimate of drug-likeness (QED) is 0.0869. The van der Waals surface area contributed by atoms with Crippen molar-refractivity contribution in [1.82, 2.24) is 5.43 Å². The van der Waals surface area contributed by atoms with Crippen LogP contribution in [0.1, 0.15) is 41.3 Å². The molecule has 0 aliphatic heterocycles. The van der Waals surface area contributed by atoms with E-state index in [4.69, 9.17) is 14.2 Å². The number of nitrogens with one attached hydrogen (secondary N) is 1. The Labute approximate surface area is 222 Å². The summed E-state index contributed by atoms with van der Waals surface area (Å²) in [5, 5.41) is 5.88. The van der Waals surface area contributed by atoms with Crippen LogP contribution >= 0.6 is 0 Å². The van der Waals surface area contributed by atoms with E-state index in [9.17, 15) is 9.59 Å². The fraction of sp³-hybridized carbons (Fsp3) is 0.194. The molecule has 1 amide bonds. The summed E-state index contributed by atoms with van der Waals surface area (Å²) in [6.07, 6.45) is 3.54. The van der Waals surface area contributed by atoms with Crippen molar-refractivity contribution in [2.75, 3.05) is 13.2 Å². The molecule has 0 atom stereocenters. The molecule has 4 rings (SSSR count). The Morgan fingerprint density at radius 1 is 0.895 bits per heavy atom. The third kappa shape index (κ3) is 7.20. The van der Waals surface area contributed by atoms with E-state index in [1.807, 2.05) is 49.4 Å². The van der Waals surface area contributed by atoms with Gasteiger partial charge in [-0.05, 0) is 66.6 Å². The van der Waals surface area contributed by atoms with Gasteiger partial charge in [0.05, 0.1) is 18.4 Å². The van der Waals surface area contributed by atoms with Crippen molar-refractivity contribution in [3.05, 3.63) is 102 Å². The predicted octanol–water partition coefficient (Wildman–Crippen LogP) is 6.08. The first-order valence-corrected chi connectivity index (χ1v) is 12.5. The molecule has 0 aromatic heterocycles. The van der Waals surface area contributed by atoms with Crippen LogP contribution in [0.2, 0.25) is 0 Å². The number of carbonyl (C=O) groups excluding carboxylic acids is 2. The topological polar surface area (TPSA) is 86.2 Å². The number of unbranched alkanes of at least 4 members (excludes halogenated alkanes) is 1. The molecule has 1 N–H and O–H groups in total. The molecule has 38 heavy (non-hydrogen) atoms. The van der Waals surface area contributed by atoms with Crippen molar-refractivity contribution in [1.29, 1.82) is 0 Å². The van der Waals surface area contributed by atoms with Gasteiger partial charge < -0.3 is 14.2 Å². The van der Waals surface area contributed by atoms with Crippen LogP contribution in [-0.2, 0) is 4.79 Å². The van der Waals surface area contributed by atoms with Crippen LogP contribution in [-0.4, -0.2) is 31.3 Å². The first kappa shape index (κ1) is 26.4. The van der Waals surface area contributed by atoms with Gasteiger partial charge in [0.25, 0.3) is 5.91 Å². The standard InChI is InChI=1S/C31H30N2O5/c1-3-4-18-36-25-13-15-26(16-14-25)37-21-30(34)33-32-20-28-27-11-6-5-9-23(27)12-17-29(28)38-31(35)24-10-7-8-22(2)19-24/h5-17,19-20H,3-4,18,21H2,1-2H3,(H,33,34)/b32-20+. The van der Waals surface area contributed by atoms with E-state index in [-0.39, 0.29) is 6.61 Å². The van der Waals surface area contributed by atoms with E-state index in [1.54, 1.807) is 42.5 Å². The minimum atomic E-state index is -0.474. The molecule has 7 heteroatoms. The number of fused-ring (bicyclic) bond motifs is 1. The SMILES string of the molecule is CCCCOc1ccc(OCC(=O)N/N=C/c2c(OC(=O)c3cccc(C)c3)ccc3ccccc23)cc1. The molecular weight excluding hydrogens is 480 g/mol. The zero-order valence-electron chi connectivity index (χ0n) is 21.5. The minimum Gasteiger partial charge on any atom is -0.494 e. The van der Waals surface area contributed by atoms with Crippen molar-refractivity contribution >= 4 is 28.9 Å². The third-order valence-corrected chi connectivity index (χ3v) is 5.73. The van der Waals surface area contributed by atoms with Crippen LogP contribution in [0.5, 0.6) is 17.2 Å². The Hall–Kier alpha value is -4.65. The van der Waals surface area contributed by atoms with Crippen molar-refractivity contribution in [3.8, 4) is 17.2 Å². The summed E-state index contributed by atoms with van der Waals surface area (Å²) in [5.74, 6) is 0.742. The molecule has 0 heterocycles. The molecule has 0 unspecified atom stereocenters. The number of esters is 1. The number of amides is 1. The van der Waals surface area contributed by atoms with E-state index in [1.165, 1.54) is 6.21 Å². The van der Waals surface area contributed by atoms with Gasteiger partial charge in [-0.2, -0.15) is 5.10 Å². The zero-order valence-corrected chi connectivity index (χ0v) is 21.5. The number of benzene rings is 4. The number of hydrogen-bond acceptors (Lipinski definition) is 6. The molecule has 7 nitrogen and oxygen atoms in total. The molecule has 0 saturated carbocycles. The number of hydrazone groups is 1. The number of aryl methyl sites for hydroxylation is 1. The second-order valence-electron chi connectivity index (χ2n) is 8.71. The second kappa shape index (κ2) is 13.1. The molecule has 0 aliphatic carbocycles. The molecular formula is C31H30N2O5. The number of rotatable bonds is 11. The van der Waals surface area contributed by atoms with E-state index in [2.05, 4.69) is 17.5 Å². The molecule has 0 bridgehead atoms. The smallest absolute Gasteiger partial charge is 0.343 e.